The van der Waals surface area contributed by atoms with Crippen molar-refractivity contribution < 1.29 is 26.5 Å². The molecule has 5 nitrogen and oxygen atoms in total. The average Bonchev–Trinajstić information content (AvgIpc) is 2.61. The van der Waals surface area contributed by atoms with Crippen LogP contribution < -0.4 is 5.09 Å². The molecule has 0 atom stereocenters. The van der Waals surface area contributed by atoms with Gasteiger partial charge in [0.1, 0.15) is 0 Å². The van der Waals surface area contributed by atoms with E-state index in [1.807, 2.05) is 13.8 Å². The fraction of sp³-hybridized carbons (Fsp3) is 0.941. The molecule has 0 aromatic rings. The molecule has 27 heavy (non-hydrogen) atoms. The van der Waals surface area contributed by atoms with Crippen LogP contribution in [0.15, 0.2) is 0 Å². The van der Waals surface area contributed by atoms with E-state index in [-0.39, 0.29) is 0 Å². The van der Waals surface area contributed by atoms with Crippen molar-refractivity contribution in [3.8, 4) is 0 Å². The van der Waals surface area contributed by atoms with Crippen LogP contribution in [-0.4, -0.2) is 40.9 Å². The first-order valence-electron chi connectivity index (χ1n) is 9.76. The van der Waals surface area contributed by atoms with Gasteiger partial charge in [-0.05, 0) is 38.9 Å². The second-order valence-corrected chi connectivity index (χ2v) is 9.82. The molecule has 10 heteroatoms. The summed E-state index contributed by atoms with van der Waals surface area (Å²) in [6.45, 7) is 10.7. The van der Waals surface area contributed by atoms with Crippen molar-refractivity contribution in [2.45, 2.75) is 79.1 Å². The molecule has 0 radical (unpaired) electrons. The molecule has 0 fully saturated rings. The van der Waals surface area contributed by atoms with E-state index < -0.39 is 7.75 Å². The fourth-order valence-electron chi connectivity index (χ4n) is 2.42. The van der Waals surface area contributed by atoms with Crippen LogP contribution in [0.1, 0.15) is 79.1 Å². The molecule has 0 heterocycles. The maximum absolute atomic E-state index is 10.5. The molecule has 0 aliphatic carbocycles. The Bertz CT molecular complexity index is 377. The van der Waals surface area contributed by atoms with Crippen LogP contribution in [0.3, 0.4) is 0 Å². The molecule has 0 spiro atoms. The number of nitrogens with zero attached hydrogens (tertiary/aromatic N) is 1. The van der Waals surface area contributed by atoms with Crippen molar-refractivity contribution >= 4 is 45.4 Å². The minimum atomic E-state index is -3.10. The Morgan fingerprint density at radius 3 is 1.67 bits per heavy atom. The number of rotatable bonds is 15. The Labute approximate surface area is 186 Å². The predicted octanol–water partition coefficient (Wildman–Crippen LogP) is 6.82. The normalized spacial score (nSPS) is 11.0. The summed E-state index contributed by atoms with van der Waals surface area (Å²) in [7, 11) is 6.36. The van der Waals surface area contributed by atoms with E-state index in [4.69, 9.17) is 41.6 Å². The third-order valence-corrected chi connectivity index (χ3v) is 5.92. The standard InChI is InChI=1S/C17H37N2O3PS.2ClH.Co/c1-5-9-11-13-15-19(16-14-12-10-6-2)17(24)18-23(20,21-7-3)22-8-4;;;/h5-16H2,1-4H3,(H,18,20,24);2*1H;/q;;;+3/p-1. The third kappa shape index (κ3) is 18.7. The second kappa shape index (κ2) is 21.6. The number of nitrogens with one attached hydrogen (secondary N) is 1. The molecule has 0 saturated heterocycles. The molecule has 0 unspecified atom stereocenters. The van der Waals surface area contributed by atoms with Crippen LogP contribution in [0.25, 0.3) is 0 Å². The van der Waals surface area contributed by atoms with Gasteiger partial charge in [-0.3, -0.25) is 4.57 Å². The summed E-state index contributed by atoms with van der Waals surface area (Å²) in [5.41, 5.74) is 0. The quantitative estimate of drug-likeness (QED) is 0.113. The van der Waals surface area contributed by atoms with E-state index in [9.17, 15) is 4.57 Å². The van der Waals surface area contributed by atoms with Crippen molar-refractivity contribution in [2.75, 3.05) is 26.3 Å². The van der Waals surface area contributed by atoms with Crippen LogP contribution in [0.5, 0.6) is 0 Å². The monoisotopic (exact) mass is 510 g/mol. The molecule has 166 valence electrons. The van der Waals surface area contributed by atoms with Crippen molar-refractivity contribution in [1.29, 1.82) is 0 Å². The van der Waals surface area contributed by atoms with Gasteiger partial charge in [-0.15, -0.1) is 0 Å². The maximum atomic E-state index is 10.5. The van der Waals surface area contributed by atoms with Crippen LogP contribution in [-0.2, 0) is 21.9 Å². The molecule has 2 N–H and O–H groups in total. The van der Waals surface area contributed by atoms with Gasteiger partial charge in [0.2, 0.25) is 0 Å². The molecule has 0 aliphatic rings. The molecule has 0 bridgehead atoms. The Morgan fingerprint density at radius 2 is 1.33 bits per heavy atom. The Kier molecular flexibility index (Phi) is 24.1. The molecule has 0 aliphatic heterocycles. The van der Waals surface area contributed by atoms with Gasteiger partial charge in [-0.25, -0.2) is 14.1 Å². The number of unbranched alkanes of at least 4 members (excludes halogenated alkanes) is 6. The molecule has 0 aromatic carbocycles. The molecular formula is C17H38Cl2CoN2O3PS+2. The van der Waals surface area contributed by atoms with Crippen molar-refractivity contribution in [3.05, 3.63) is 0 Å². The number of halogens is 2. The summed E-state index contributed by atoms with van der Waals surface area (Å²) in [5.74, 6) is 0. The summed E-state index contributed by atoms with van der Waals surface area (Å²) in [6.07, 6.45) is 9.59. The van der Waals surface area contributed by atoms with Gasteiger partial charge in [0.25, 0.3) is 0 Å². The van der Waals surface area contributed by atoms with E-state index in [0.717, 1.165) is 25.9 Å². The van der Waals surface area contributed by atoms with E-state index in [2.05, 4.69) is 23.8 Å². The SMILES string of the molecule is CCCCCCN(CCCCCC)C(=S)NP(=[OH+])(OCC)OCC.[Cl][Co+][Cl]. The zero-order chi connectivity index (χ0) is 21.0. The summed E-state index contributed by atoms with van der Waals surface area (Å²) < 4.78 is 21.3. The molecular weight excluding hydrogens is 473 g/mol. The number of thiocarbonyl (C=S) groups is 1. The Balaban J connectivity index is 0. The zero-order valence-electron chi connectivity index (χ0n) is 17.1. The summed E-state index contributed by atoms with van der Waals surface area (Å²) in [4.78, 5) is 2.16. The first kappa shape index (κ1) is 30.1. The summed E-state index contributed by atoms with van der Waals surface area (Å²) in [5, 5.41) is 3.50. The topological polar surface area (TPSA) is 55.1 Å². The van der Waals surface area contributed by atoms with Gasteiger partial charge in [0, 0.05) is 13.1 Å². The fourth-order valence-corrected chi connectivity index (χ4v) is 4.23. The van der Waals surface area contributed by atoms with Crippen molar-refractivity contribution in [1.82, 2.24) is 9.99 Å². The first-order valence-corrected chi connectivity index (χ1v) is 14.6. The first-order chi connectivity index (χ1) is 12.9. The second-order valence-electron chi connectivity index (χ2n) is 5.93. The van der Waals surface area contributed by atoms with Crippen LogP contribution >= 0.6 is 40.3 Å². The van der Waals surface area contributed by atoms with E-state index in [0.29, 0.717) is 31.2 Å². The van der Waals surface area contributed by atoms with Crippen LogP contribution in [0.4, 0.5) is 0 Å². The van der Waals surface area contributed by atoms with Gasteiger partial charge >= 0.3 is 40.9 Å². The molecule has 0 saturated carbocycles. The molecule has 0 rings (SSSR count). The van der Waals surface area contributed by atoms with E-state index in [1.165, 1.54) is 38.5 Å². The van der Waals surface area contributed by atoms with Crippen LogP contribution in [0, 0.1) is 0 Å². The minimum absolute atomic E-state index is 0.382. The van der Waals surface area contributed by atoms with Crippen molar-refractivity contribution in [3.63, 3.8) is 0 Å². The van der Waals surface area contributed by atoms with Gasteiger partial charge in [-0.1, -0.05) is 52.4 Å². The predicted molar refractivity (Wildman–Crippen MR) is 119 cm³/mol. The van der Waals surface area contributed by atoms with E-state index in [1.54, 1.807) is 0 Å². The van der Waals surface area contributed by atoms with E-state index >= 15 is 0 Å². The van der Waals surface area contributed by atoms with Gasteiger partial charge < -0.3 is 4.90 Å². The molecule has 0 amide bonds. The Morgan fingerprint density at radius 1 is 0.926 bits per heavy atom. The number of hydrogen-bond donors (Lipinski definition) is 1. The third-order valence-electron chi connectivity index (χ3n) is 3.70. The molecule has 0 aromatic heterocycles. The van der Waals surface area contributed by atoms with Crippen molar-refractivity contribution in [2.24, 2.45) is 0 Å². The van der Waals surface area contributed by atoms with Gasteiger partial charge in [0.15, 0.2) is 5.11 Å². The Hall–Kier alpha value is 0.926. The van der Waals surface area contributed by atoms with Gasteiger partial charge in [-0.2, -0.15) is 0 Å². The summed E-state index contributed by atoms with van der Waals surface area (Å²) >= 11 is 5.91. The average molecular weight is 511 g/mol. The number of hydrogen-bond acceptors (Lipinski definition) is 3. The summed E-state index contributed by atoms with van der Waals surface area (Å²) in [6, 6.07) is 0. The zero-order valence-corrected chi connectivity index (χ0v) is 21.4. The van der Waals surface area contributed by atoms with Crippen LogP contribution in [0.2, 0.25) is 0 Å². The van der Waals surface area contributed by atoms with Gasteiger partial charge in [0.05, 0.1) is 13.2 Å².